The Hall–Kier alpha value is -2.22. The van der Waals surface area contributed by atoms with Crippen molar-refractivity contribution in [2.75, 3.05) is 0 Å². The van der Waals surface area contributed by atoms with Gasteiger partial charge in [-0.05, 0) is 79.7 Å². The molecule has 0 aliphatic carbocycles. The Labute approximate surface area is 204 Å². The van der Waals surface area contributed by atoms with Crippen LogP contribution in [0.1, 0.15) is 89.7 Å². The molecule has 6 nitrogen and oxygen atoms in total. The molecular formula is C26H35BrN4O2. The second kappa shape index (κ2) is 9.20. The van der Waals surface area contributed by atoms with Crippen molar-refractivity contribution in [1.82, 2.24) is 19.2 Å². The Morgan fingerprint density at radius 1 is 0.758 bits per heavy atom. The fourth-order valence-corrected chi connectivity index (χ4v) is 4.77. The van der Waals surface area contributed by atoms with E-state index in [0.29, 0.717) is 11.8 Å². The molecule has 4 aromatic heterocycles. The molecule has 178 valence electrons. The van der Waals surface area contributed by atoms with Crippen LogP contribution < -0.4 is 0 Å². The summed E-state index contributed by atoms with van der Waals surface area (Å²) in [4.78, 5) is 0. The van der Waals surface area contributed by atoms with E-state index in [0.717, 1.165) is 26.9 Å². The molecule has 4 aromatic rings. The quantitative estimate of drug-likeness (QED) is 0.343. The summed E-state index contributed by atoms with van der Waals surface area (Å²) in [7, 11) is 0. The summed E-state index contributed by atoms with van der Waals surface area (Å²) < 4.78 is 4.52. The van der Waals surface area contributed by atoms with Crippen molar-refractivity contribution >= 4 is 27.0 Å². The van der Waals surface area contributed by atoms with Crippen LogP contribution in [0.4, 0.5) is 0 Å². The summed E-state index contributed by atoms with van der Waals surface area (Å²) >= 11 is 3.48. The zero-order valence-corrected chi connectivity index (χ0v) is 22.3. The first-order chi connectivity index (χ1) is 15.2. The maximum atomic E-state index is 10.2. The SMILES string of the molecule is CC(C)c1cnn2c(C(C)(C)O)c(Br)ccc12.CC(C)c1cnn2c(C(C)(C)O)cccc12. The lowest BCUT2D eigenvalue weighted by atomic mass is 10.0. The lowest BCUT2D eigenvalue weighted by Crippen LogP contribution is -2.21. The van der Waals surface area contributed by atoms with Crippen LogP contribution in [-0.2, 0) is 11.2 Å². The molecule has 0 saturated carbocycles. The molecule has 0 aromatic carbocycles. The van der Waals surface area contributed by atoms with Crippen molar-refractivity contribution in [1.29, 1.82) is 0 Å². The Kier molecular flexibility index (Phi) is 7.08. The van der Waals surface area contributed by atoms with E-state index in [1.54, 1.807) is 27.7 Å². The molecule has 0 aliphatic rings. The molecule has 0 aliphatic heterocycles. The van der Waals surface area contributed by atoms with Crippen LogP contribution >= 0.6 is 15.9 Å². The van der Waals surface area contributed by atoms with Gasteiger partial charge in [-0.15, -0.1) is 0 Å². The second-order valence-corrected chi connectivity index (χ2v) is 11.0. The van der Waals surface area contributed by atoms with E-state index in [2.05, 4.69) is 53.8 Å². The van der Waals surface area contributed by atoms with Gasteiger partial charge in [0.1, 0.15) is 11.2 Å². The monoisotopic (exact) mass is 514 g/mol. The zero-order valence-electron chi connectivity index (χ0n) is 20.8. The minimum absolute atomic E-state index is 0.420. The first kappa shape index (κ1) is 25.4. The number of hydrogen-bond donors (Lipinski definition) is 2. The van der Waals surface area contributed by atoms with Crippen LogP contribution in [-0.4, -0.2) is 29.4 Å². The van der Waals surface area contributed by atoms with Gasteiger partial charge in [-0.25, -0.2) is 9.03 Å². The molecule has 0 fully saturated rings. The summed E-state index contributed by atoms with van der Waals surface area (Å²) in [6.45, 7) is 15.7. The van der Waals surface area contributed by atoms with E-state index in [1.807, 2.05) is 51.8 Å². The van der Waals surface area contributed by atoms with Crippen LogP contribution in [0, 0.1) is 0 Å². The van der Waals surface area contributed by atoms with Gasteiger partial charge in [0.15, 0.2) is 0 Å². The number of nitrogens with zero attached hydrogens (tertiary/aromatic N) is 4. The first-order valence-electron chi connectivity index (χ1n) is 11.3. The molecule has 7 heteroatoms. The number of rotatable bonds is 4. The molecule has 0 saturated heterocycles. The van der Waals surface area contributed by atoms with Crippen molar-refractivity contribution in [3.8, 4) is 0 Å². The molecule has 0 spiro atoms. The molecule has 2 N–H and O–H groups in total. The molecule has 33 heavy (non-hydrogen) atoms. The number of aliphatic hydroxyl groups is 2. The zero-order chi connectivity index (χ0) is 24.7. The molecule has 4 heterocycles. The Balaban J connectivity index is 0.000000186. The van der Waals surface area contributed by atoms with E-state index in [1.165, 1.54) is 11.1 Å². The molecule has 0 unspecified atom stereocenters. The van der Waals surface area contributed by atoms with Crippen molar-refractivity contribution in [3.05, 3.63) is 69.7 Å². The molecule has 4 rings (SSSR count). The van der Waals surface area contributed by atoms with Crippen LogP contribution in [0.15, 0.2) is 47.2 Å². The highest BCUT2D eigenvalue weighted by Gasteiger charge is 2.24. The smallest absolute Gasteiger partial charge is 0.102 e. The normalized spacial score (nSPS) is 12.6. The number of halogens is 1. The molecule has 0 amide bonds. The van der Waals surface area contributed by atoms with Gasteiger partial charge in [0, 0.05) is 15.6 Å². The summed E-state index contributed by atoms with van der Waals surface area (Å²) in [5.74, 6) is 0.859. The Morgan fingerprint density at radius 2 is 1.27 bits per heavy atom. The number of aromatic nitrogens is 4. The second-order valence-electron chi connectivity index (χ2n) is 10.2. The maximum Gasteiger partial charge on any atom is 0.102 e. The first-order valence-corrected chi connectivity index (χ1v) is 12.1. The van der Waals surface area contributed by atoms with Crippen molar-refractivity contribution in [2.24, 2.45) is 0 Å². The average Bonchev–Trinajstić information content (AvgIpc) is 3.30. The van der Waals surface area contributed by atoms with Gasteiger partial charge in [0.2, 0.25) is 0 Å². The summed E-state index contributed by atoms with van der Waals surface area (Å²) in [6.07, 6.45) is 3.76. The maximum absolute atomic E-state index is 10.2. The third-order valence-corrected chi connectivity index (χ3v) is 6.32. The standard InChI is InChI=1S/C13H17BrN2O.C13H18N2O/c1-8(2)9-7-15-16-11(9)6-5-10(14)12(16)13(3,4)17;1-9(2)10-8-14-15-11(10)6-5-7-12(15)13(3,4)16/h5-8,17H,1-4H3;5-9,16H,1-4H3. The third kappa shape index (κ3) is 5.15. The average molecular weight is 515 g/mol. The summed E-state index contributed by atoms with van der Waals surface area (Å²) in [5, 5.41) is 29.1. The fraction of sp³-hybridized carbons (Fsp3) is 0.462. The van der Waals surface area contributed by atoms with E-state index < -0.39 is 11.2 Å². The lowest BCUT2D eigenvalue weighted by molar-refractivity contribution is 0.0703. The van der Waals surface area contributed by atoms with E-state index >= 15 is 0 Å². The van der Waals surface area contributed by atoms with Crippen LogP contribution in [0.25, 0.3) is 11.0 Å². The highest BCUT2D eigenvalue weighted by atomic mass is 79.9. The summed E-state index contributed by atoms with van der Waals surface area (Å²) in [5.41, 5.74) is 4.33. The van der Waals surface area contributed by atoms with Gasteiger partial charge >= 0.3 is 0 Å². The van der Waals surface area contributed by atoms with Crippen molar-refractivity contribution < 1.29 is 10.2 Å². The fourth-order valence-electron chi connectivity index (χ4n) is 3.98. The van der Waals surface area contributed by atoms with Gasteiger partial charge in [-0.3, -0.25) is 0 Å². The largest absolute Gasteiger partial charge is 0.384 e. The van der Waals surface area contributed by atoms with Crippen LogP contribution in [0.5, 0.6) is 0 Å². The lowest BCUT2D eigenvalue weighted by Gasteiger charge is -2.20. The van der Waals surface area contributed by atoms with Gasteiger partial charge in [-0.2, -0.15) is 10.2 Å². The van der Waals surface area contributed by atoms with Gasteiger partial charge < -0.3 is 10.2 Å². The highest BCUT2D eigenvalue weighted by Crippen LogP contribution is 2.31. The predicted octanol–water partition coefficient (Wildman–Crippen LogP) is 6.13. The van der Waals surface area contributed by atoms with Gasteiger partial charge in [-0.1, -0.05) is 33.8 Å². The molecule has 0 radical (unpaired) electrons. The Morgan fingerprint density at radius 3 is 1.76 bits per heavy atom. The topological polar surface area (TPSA) is 75.1 Å². The number of pyridine rings is 2. The Bertz CT molecular complexity index is 1260. The van der Waals surface area contributed by atoms with E-state index in [9.17, 15) is 10.2 Å². The minimum Gasteiger partial charge on any atom is -0.384 e. The summed E-state index contributed by atoms with van der Waals surface area (Å²) in [6, 6.07) is 9.91. The van der Waals surface area contributed by atoms with E-state index in [4.69, 9.17) is 0 Å². The molecule has 0 atom stereocenters. The highest BCUT2D eigenvalue weighted by molar-refractivity contribution is 9.10. The minimum atomic E-state index is -0.932. The molecule has 0 bridgehead atoms. The third-order valence-electron chi connectivity index (χ3n) is 5.68. The van der Waals surface area contributed by atoms with Crippen molar-refractivity contribution in [2.45, 2.75) is 78.4 Å². The predicted molar refractivity (Wildman–Crippen MR) is 137 cm³/mol. The number of fused-ring (bicyclic) bond motifs is 2. The number of hydrogen-bond acceptors (Lipinski definition) is 4. The van der Waals surface area contributed by atoms with Gasteiger partial charge in [0.05, 0.1) is 34.8 Å². The van der Waals surface area contributed by atoms with Crippen LogP contribution in [0.2, 0.25) is 0 Å². The van der Waals surface area contributed by atoms with Crippen molar-refractivity contribution in [3.63, 3.8) is 0 Å². The molecular weight excluding hydrogens is 480 g/mol. The van der Waals surface area contributed by atoms with Gasteiger partial charge in [0.25, 0.3) is 0 Å². The van der Waals surface area contributed by atoms with E-state index in [-0.39, 0.29) is 0 Å². The van der Waals surface area contributed by atoms with Crippen LogP contribution in [0.3, 0.4) is 0 Å².